The van der Waals surface area contributed by atoms with Gasteiger partial charge in [0.05, 0.1) is 24.8 Å². The van der Waals surface area contributed by atoms with E-state index < -0.39 is 0 Å². The predicted octanol–water partition coefficient (Wildman–Crippen LogP) is 0.0702. The Bertz CT molecular complexity index is 385. The van der Waals surface area contributed by atoms with Crippen molar-refractivity contribution >= 4 is 5.91 Å². The molecule has 1 aliphatic heterocycles. The van der Waals surface area contributed by atoms with E-state index in [4.69, 9.17) is 4.74 Å². The quantitative estimate of drug-likeness (QED) is 0.778. The summed E-state index contributed by atoms with van der Waals surface area (Å²) in [7, 11) is 0. The van der Waals surface area contributed by atoms with Gasteiger partial charge in [0, 0.05) is 32.6 Å². The number of hydrogen-bond donors (Lipinski definition) is 2. The number of ether oxygens (including phenoxy) is 1. The molecule has 2 rings (SSSR count). The zero-order valence-electron chi connectivity index (χ0n) is 10.7. The Morgan fingerprint density at radius 2 is 2.61 bits per heavy atom. The van der Waals surface area contributed by atoms with E-state index in [1.807, 2.05) is 17.7 Å². The van der Waals surface area contributed by atoms with Crippen LogP contribution < -0.4 is 10.6 Å². The molecule has 1 amide bonds. The minimum atomic E-state index is 0.0375. The fourth-order valence-electron chi connectivity index (χ4n) is 2.05. The molecule has 0 saturated carbocycles. The summed E-state index contributed by atoms with van der Waals surface area (Å²) < 4.78 is 7.69. The first kappa shape index (κ1) is 13.0. The highest BCUT2D eigenvalue weighted by molar-refractivity contribution is 5.75. The molecule has 6 heteroatoms. The first-order chi connectivity index (χ1) is 8.81. The molecule has 1 unspecified atom stereocenters. The topological polar surface area (TPSA) is 68.2 Å². The van der Waals surface area contributed by atoms with Gasteiger partial charge in [0.15, 0.2) is 0 Å². The zero-order chi connectivity index (χ0) is 12.8. The lowest BCUT2D eigenvalue weighted by atomic mass is 10.2. The standard InChI is InChI=1S/C12H20N4O2/c1-2-15-12(17)3-5-16-9-14-7-10(16)11-8-13-4-6-18-11/h7,9,11,13H,2-6,8H2,1H3,(H,15,17). The second-order valence-electron chi connectivity index (χ2n) is 4.28. The fourth-order valence-corrected chi connectivity index (χ4v) is 2.05. The summed E-state index contributed by atoms with van der Waals surface area (Å²) in [6.07, 6.45) is 4.08. The van der Waals surface area contributed by atoms with E-state index in [2.05, 4.69) is 15.6 Å². The summed E-state index contributed by atoms with van der Waals surface area (Å²) >= 11 is 0. The van der Waals surface area contributed by atoms with Gasteiger partial charge in [-0.25, -0.2) is 4.98 Å². The van der Waals surface area contributed by atoms with Crippen molar-refractivity contribution in [2.24, 2.45) is 0 Å². The molecule has 1 aliphatic rings. The summed E-state index contributed by atoms with van der Waals surface area (Å²) in [5, 5.41) is 6.08. The number of aryl methyl sites for hydroxylation is 1. The Morgan fingerprint density at radius 3 is 3.33 bits per heavy atom. The highest BCUT2D eigenvalue weighted by Gasteiger charge is 2.19. The number of imidazole rings is 1. The third-order valence-corrected chi connectivity index (χ3v) is 2.96. The number of aromatic nitrogens is 2. The third kappa shape index (κ3) is 3.30. The highest BCUT2D eigenvalue weighted by Crippen LogP contribution is 2.18. The van der Waals surface area contributed by atoms with Crippen LogP contribution in [-0.4, -0.2) is 41.7 Å². The van der Waals surface area contributed by atoms with Crippen LogP contribution in [0.2, 0.25) is 0 Å². The van der Waals surface area contributed by atoms with E-state index in [1.54, 1.807) is 6.33 Å². The lowest BCUT2D eigenvalue weighted by Gasteiger charge is -2.24. The summed E-state index contributed by atoms with van der Waals surface area (Å²) in [5.41, 5.74) is 1.03. The molecule has 0 bridgehead atoms. The molecule has 0 aliphatic carbocycles. The van der Waals surface area contributed by atoms with E-state index in [9.17, 15) is 4.79 Å². The van der Waals surface area contributed by atoms with Crippen molar-refractivity contribution in [1.29, 1.82) is 0 Å². The van der Waals surface area contributed by atoms with Crippen LogP contribution in [0.15, 0.2) is 12.5 Å². The molecule has 6 nitrogen and oxygen atoms in total. The molecular formula is C12H20N4O2. The zero-order valence-corrected chi connectivity index (χ0v) is 10.7. The van der Waals surface area contributed by atoms with Gasteiger partial charge in [-0.1, -0.05) is 0 Å². The number of carbonyl (C=O) groups is 1. The largest absolute Gasteiger partial charge is 0.369 e. The average molecular weight is 252 g/mol. The van der Waals surface area contributed by atoms with Crippen LogP contribution in [0.25, 0.3) is 0 Å². The van der Waals surface area contributed by atoms with Gasteiger partial charge < -0.3 is 19.9 Å². The van der Waals surface area contributed by atoms with Crippen molar-refractivity contribution in [2.45, 2.75) is 26.0 Å². The van der Waals surface area contributed by atoms with Crippen LogP contribution in [0.5, 0.6) is 0 Å². The first-order valence-electron chi connectivity index (χ1n) is 6.40. The van der Waals surface area contributed by atoms with Crippen LogP contribution in [0.3, 0.4) is 0 Å². The van der Waals surface area contributed by atoms with E-state index in [0.717, 1.165) is 18.8 Å². The molecule has 0 radical (unpaired) electrons. The van der Waals surface area contributed by atoms with Crippen molar-refractivity contribution < 1.29 is 9.53 Å². The van der Waals surface area contributed by atoms with Gasteiger partial charge in [0.25, 0.3) is 0 Å². The molecule has 1 aromatic heterocycles. The number of morpholine rings is 1. The van der Waals surface area contributed by atoms with Gasteiger partial charge in [0.1, 0.15) is 6.10 Å². The summed E-state index contributed by atoms with van der Waals surface area (Å²) in [6.45, 7) is 5.64. The maximum atomic E-state index is 11.4. The Morgan fingerprint density at radius 1 is 1.72 bits per heavy atom. The van der Waals surface area contributed by atoms with Crippen LogP contribution >= 0.6 is 0 Å². The molecular weight excluding hydrogens is 232 g/mol. The molecule has 2 N–H and O–H groups in total. The highest BCUT2D eigenvalue weighted by atomic mass is 16.5. The lowest BCUT2D eigenvalue weighted by molar-refractivity contribution is -0.121. The van der Waals surface area contributed by atoms with Gasteiger partial charge in [-0.3, -0.25) is 4.79 Å². The number of nitrogens with zero attached hydrogens (tertiary/aromatic N) is 2. The Kier molecular flexibility index (Phi) is 4.72. The Hall–Kier alpha value is -1.40. The van der Waals surface area contributed by atoms with Crippen molar-refractivity contribution in [3.8, 4) is 0 Å². The van der Waals surface area contributed by atoms with E-state index >= 15 is 0 Å². The van der Waals surface area contributed by atoms with Crippen LogP contribution in [0, 0.1) is 0 Å². The SMILES string of the molecule is CCNC(=O)CCn1cncc1C1CNCCO1. The molecule has 1 saturated heterocycles. The molecule has 0 spiro atoms. The monoisotopic (exact) mass is 252 g/mol. The average Bonchev–Trinajstić information content (AvgIpc) is 2.86. The number of amides is 1. The molecule has 1 fully saturated rings. The molecule has 0 aromatic carbocycles. The number of rotatable bonds is 5. The Labute approximate surface area is 107 Å². The third-order valence-electron chi connectivity index (χ3n) is 2.96. The normalized spacial score (nSPS) is 19.7. The second kappa shape index (κ2) is 6.51. The fraction of sp³-hybridized carbons (Fsp3) is 0.667. The van der Waals surface area contributed by atoms with Crippen molar-refractivity contribution in [3.63, 3.8) is 0 Å². The summed E-state index contributed by atoms with van der Waals surface area (Å²) in [6, 6.07) is 0. The van der Waals surface area contributed by atoms with Crippen molar-refractivity contribution in [2.75, 3.05) is 26.2 Å². The van der Waals surface area contributed by atoms with Crippen LogP contribution in [0.1, 0.15) is 25.1 Å². The van der Waals surface area contributed by atoms with E-state index in [0.29, 0.717) is 26.1 Å². The van der Waals surface area contributed by atoms with Gasteiger partial charge in [-0.2, -0.15) is 0 Å². The first-order valence-corrected chi connectivity index (χ1v) is 6.40. The minimum Gasteiger partial charge on any atom is -0.369 e. The molecule has 1 atom stereocenters. The van der Waals surface area contributed by atoms with Crippen molar-refractivity contribution in [1.82, 2.24) is 20.2 Å². The van der Waals surface area contributed by atoms with Gasteiger partial charge in [-0.15, -0.1) is 0 Å². The Balaban J connectivity index is 1.92. The van der Waals surface area contributed by atoms with Gasteiger partial charge >= 0.3 is 0 Å². The minimum absolute atomic E-state index is 0.0375. The van der Waals surface area contributed by atoms with Crippen LogP contribution in [-0.2, 0) is 16.1 Å². The van der Waals surface area contributed by atoms with Gasteiger partial charge in [-0.05, 0) is 6.92 Å². The van der Waals surface area contributed by atoms with Crippen LogP contribution in [0.4, 0.5) is 0 Å². The molecule has 100 valence electrons. The smallest absolute Gasteiger partial charge is 0.221 e. The maximum Gasteiger partial charge on any atom is 0.221 e. The summed E-state index contributed by atoms with van der Waals surface area (Å²) in [4.78, 5) is 15.6. The number of carbonyl (C=O) groups excluding carboxylic acids is 1. The molecule has 2 heterocycles. The molecule has 18 heavy (non-hydrogen) atoms. The predicted molar refractivity (Wildman–Crippen MR) is 67.1 cm³/mol. The van der Waals surface area contributed by atoms with Gasteiger partial charge in [0.2, 0.25) is 5.91 Å². The van der Waals surface area contributed by atoms with E-state index in [-0.39, 0.29) is 12.0 Å². The van der Waals surface area contributed by atoms with Crippen molar-refractivity contribution in [3.05, 3.63) is 18.2 Å². The maximum absolute atomic E-state index is 11.4. The number of hydrogen-bond acceptors (Lipinski definition) is 4. The lowest BCUT2D eigenvalue weighted by Crippen LogP contribution is -2.34. The summed E-state index contributed by atoms with van der Waals surface area (Å²) in [5.74, 6) is 0.0693. The van der Waals surface area contributed by atoms with E-state index in [1.165, 1.54) is 0 Å². The number of nitrogens with one attached hydrogen (secondary N) is 2. The molecule has 1 aromatic rings. The second-order valence-corrected chi connectivity index (χ2v) is 4.28.